The Morgan fingerprint density at radius 3 is 2.38 bits per heavy atom. The minimum absolute atomic E-state index is 0.576. The first kappa shape index (κ1) is 12.4. The number of hydrogen-bond acceptors (Lipinski definition) is 3. The predicted molar refractivity (Wildman–Crippen MR) is 64.8 cm³/mol. The standard InChI is InChI=1S/C13H17NO2/c1-3-9-14-10-11-16-13-7-5-12(6-8-13)15-4-2/h1,5-8,14H,4,9-11H2,2H3. The number of rotatable bonds is 7. The molecule has 1 N–H and O–H groups in total. The third-order valence-electron chi connectivity index (χ3n) is 1.91. The lowest BCUT2D eigenvalue weighted by atomic mass is 10.3. The van der Waals surface area contributed by atoms with Crippen LogP contribution < -0.4 is 14.8 Å². The lowest BCUT2D eigenvalue weighted by molar-refractivity contribution is 0.313. The van der Waals surface area contributed by atoms with Crippen molar-refractivity contribution < 1.29 is 9.47 Å². The Morgan fingerprint density at radius 1 is 1.19 bits per heavy atom. The van der Waals surface area contributed by atoms with E-state index >= 15 is 0 Å². The normalized spacial score (nSPS) is 9.50. The molecule has 0 unspecified atom stereocenters. The molecule has 3 heteroatoms. The smallest absolute Gasteiger partial charge is 0.119 e. The van der Waals surface area contributed by atoms with Gasteiger partial charge in [0.25, 0.3) is 0 Å². The van der Waals surface area contributed by atoms with Crippen molar-refractivity contribution in [1.29, 1.82) is 0 Å². The molecule has 0 saturated heterocycles. The summed E-state index contributed by atoms with van der Waals surface area (Å²) in [5.74, 6) is 4.20. The molecule has 0 aliphatic carbocycles. The van der Waals surface area contributed by atoms with Gasteiger partial charge in [0.1, 0.15) is 18.1 Å². The largest absolute Gasteiger partial charge is 0.494 e. The van der Waals surface area contributed by atoms with Crippen LogP contribution in [-0.4, -0.2) is 26.3 Å². The molecule has 1 rings (SSSR count). The van der Waals surface area contributed by atoms with Crippen LogP contribution in [0.25, 0.3) is 0 Å². The van der Waals surface area contributed by atoms with Crippen LogP contribution in [0.5, 0.6) is 11.5 Å². The quantitative estimate of drug-likeness (QED) is 0.559. The van der Waals surface area contributed by atoms with Gasteiger partial charge in [-0.05, 0) is 31.2 Å². The average molecular weight is 219 g/mol. The topological polar surface area (TPSA) is 30.5 Å². The second kappa shape index (κ2) is 7.61. The second-order valence-electron chi connectivity index (χ2n) is 3.13. The van der Waals surface area contributed by atoms with Gasteiger partial charge in [-0.15, -0.1) is 6.42 Å². The molecule has 0 aliphatic heterocycles. The average Bonchev–Trinajstić information content (AvgIpc) is 2.31. The van der Waals surface area contributed by atoms with Crippen molar-refractivity contribution in [2.75, 3.05) is 26.3 Å². The van der Waals surface area contributed by atoms with Crippen molar-refractivity contribution in [3.8, 4) is 23.8 Å². The zero-order valence-corrected chi connectivity index (χ0v) is 9.53. The summed E-state index contributed by atoms with van der Waals surface area (Å²) >= 11 is 0. The molecule has 86 valence electrons. The molecule has 1 aromatic rings. The van der Waals surface area contributed by atoms with Crippen LogP contribution in [0.4, 0.5) is 0 Å². The van der Waals surface area contributed by atoms with E-state index in [0.29, 0.717) is 19.8 Å². The molecule has 1 aromatic carbocycles. The third-order valence-corrected chi connectivity index (χ3v) is 1.91. The highest BCUT2D eigenvalue weighted by atomic mass is 16.5. The van der Waals surface area contributed by atoms with Gasteiger partial charge in [-0.25, -0.2) is 0 Å². The van der Waals surface area contributed by atoms with E-state index in [-0.39, 0.29) is 0 Å². The summed E-state index contributed by atoms with van der Waals surface area (Å²) in [5.41, 5.74) is 0. The fraction of sp³-hybridized carbons (Fsp3) is 0.385. The summed E-state index contributed by atoms with van der Waals surface area (Å²) in [7, 11) is 0. The minimum Gasteiger partial charge on any atom is -0.494 e. The third kappa shape index (κ3) is 4.72. The van der Waals surface area contributed by atoms with Gasteiger partial charge < -0.3 is 14.8 Å². The molecule has 16 heavy (non-hydrogen) atoms. The summed E-state index contributed by atoms with van der Waals surface area (Å²) in [4.78, 5) is 0. The monoisotopic (exact) mass is 219 g/mol. The van der Waals surface area contributed by atoms with E-state index in [1.807, 2.05) is 31.2 Å². The van der Waals surface area contributed by atoms with Crippen LogP contribution >= 0.6 is 0 Å². The molecule has 3 nitrogen and oxygen atoms in total. The van der Waals surface area contributed by atoms with Gasteiger partial charge in [-0.1, -0.05) is 5.92 Å². The molecule has 0 atom stereocenters. The van der Waals surface area contributed by atoms with Gasteiger partial charge in [0, 0.05) is 6.54 Å². The maximum absolute atomic E-state index is 5.50. The SMILES string of the molecule is C#CCNCCOc1ccc(OCC)cc1. The second-order valence-corrected chi connectivity index (χ2v) is 3.13. The molecule has 0 amide bonds. The number of nitrogens with one attached hydrogen (secondary N) is 1. The fourth-order valence-corrected chi connectivity index (χ4v) is 1.20. The summed E-state index contributed by atoms with van der Waals surface area (Å²) in [6.45, 7) is 4.57. The highest BCUT2D eigenvalue weighted by molar-refractivity contribution is 5.31. The minimum atomic E-state index is 0.576. The van der Waals surface area contributed by atoms with Crippen LogP contribution in [-0.2, 0) is 0 Å². The Balaban J connectivity index is 2.24. The molecular formula is C13H17NO2. The van der Waals surface area contributed by atoms with Crippen molar-refractivity contribution in [3.05, 3.63) is 24.3 Å². The number of ether oxygens (including phenoxy) is 2. The Bertz CT molecular complexity index is 327. The first-order chi connectivity index (χ1) is 7.86. The van der Waals surface area contributed by atoms with Crippen molar-refractivity contribution in [2.24, 2.45) is 0 Å². The van der Waals surface area contributed by atoms with E-state index < -0.39 is 0 Å². The van der Waals surface area contributed by atoms with Crippen molar-refractivity contribution in [2.45, 2.75) is 6.92 Å². The van der Waals surface area contributed by atoms with Crippen molar-refractivity contribution in [1.82, 2.24) is 5.32 Å². The molecule has 0 radical (unpaired) electrons. The maximum Gasteiger partial charge on any atom is 0.119 e. The van der Waals surface area contributed by atoms with Gasteiger partial charge in [0.15, 0.2) is 0 Å². The molecule has 0 saturated carbocycles. The van der Waals surface area contributed by atoms with Gasteiger partial charge in [-0.3, -0.25) is 0 Å². The molecule has 0 heterocycles. The zero-order valence-electron chi connectivity index (χ0n) is 9.53. The fourth-order valence-electron chi connectivity index (χ4n) is 1.20. The molecule has 0 aliphatic rings. The van der Waals surface area contributed by atoms with Crippen LogP contribution in [0.3, 0.4) is 0 Å². The van der Waals surface area contributed by atoms with Gasteiger partial charge in [-0.2, -0.15) is 0 Å². The Labute approximate surface area is 96.8 Å². The van der Waals surface area contributed by atoms with E-state index in [1.54, 1.807) is 0 Å². The Hall–Kier alpha value is -1.66. The maximum atomic E-state index is 5.50. The molecule has 0 spiro atoms. The van der Waals surface area contributed by atoms with Crippen LogP contribution in [0.1, 0.15) is 6.92 Å². The highest BCUT2D eigenvalue weighted by Gasteiger charge is 1.95. The number of hydrogen-bond donors (Lipinski definition) is 1. The van der Waals surface area contributed by atoms with Crippen LogP contribution in [0.2, 0.25) is 0 Å². The number of benzene rings is 1. The van der Waals surface area contributed by atoms with E-state index in [1.165, 1.54) is 0 Å². The first-order valence-electron chi connectivity index (χ1n) is 5.36. The van der Waals surface area contributed by atoms with Crippen LogP contribution in [0, 0.1) is 12.3 Å². The lowest BCUT2D eigenvalue weighted by Gasteiger charge is -2.07. The number of terminal acetylenes is 1. The van der Waals surface area contributed by atoms with E-state index in [2.05, 4.69) is 11.2 Å². The summed E-state index contributed by atoms with van der Waals surface area (Å²) in [5, 5.41) is 3.05. The van der Waals surface area contributed by atoms with Gasteiger partial charge >= 0.3 is 0 Å². The van der Waals surface area contributed by atoms with E-state index in [4.69, 9.17) is 15.9 Å². The zero-order chi connectivity index (χ0) is 11.6. The van der Waals surface area contributed by atoms with E-state index in [9.17, 15) is 0 Å². The molecule has 0 bridgehead atoms. The first-order valence-corrected chi connectivity index (χ1v) is 5.36. The molecule has 0 fully saturated rings. The molecule has 0 aromatic heterocycles. The lowest BCUT2D eigenvalue weighted by Crippen LogP contribution is -2.21. The summed E-state index contributed by atoms with van der Waals surface area (Å²) < 4.78 is 10.8. The van der Waals surface area contributed by atoms with Gasteiger partial charge in [0.05, 0.1) is 13.2 Å². The van der Waals surface area contributed by atoms with Crippen molar-refractivity contribution >= 4 is 0 Å². The summed E-state index contributed by atoms with van der Waals surface area (Å²) in [6, 6.07) is 7.58. The van der Waals surface area contributed by atoms with Crippen molar-refractivity contribution in [3.63, 3.8) is 0 Å². The Morgan fingerprint density at radius 2 is 1.81 bits per heavy atom. The van der Waals surface area contributed by atoms with E-state index in [0.717, 1.165) is 18.0 Å². The highest BCUT2D eigenvalue weighted by Crippen LogP contribution is 2.17. The van der Waals surface area contributed by atoms with Gasteiger partial charge in [0.2, 0.25) is 0 Å². The summed E-state index contributed by atoms with van der Waals surface area (Å²) in [6.07, 6.45) is 5.10. The predicted octanol–water partition coefficient (Wildman–Crippen LogP) is 1.69. The Kier molecular flexibility index (Phi) is 5.90. The van der Waals surface area contributed by atoms with Crippen LogP contribution in [0.15, 0.2) is 24.3 Å². The molecular weight excluding hydrogens is 202 g/mol.